The monoisotopic (exact) mass is 226 g/mol. The van der Waals surface area contributed by atoms with Crippen LogP contribution < -0.4 is 5.32 Å². The second kappa shape index (κ2) is 3.84. The highest BCUT2D eigenvalue weighted by Crippen LogP contribution is 2.28. The first-order valence-corrected chi connectivity index (χ1v) is 5.89. The van der Waals surface area contributed by atoms with Crippen molar-refractivity contribution in [1.82, 2.24) is 10.3 Å². The first kappa shape index (κ1) is 10.3. The molecule has 2 atom stereocenters. The van der Waals surface area contributed by atoms with Crippen LogP contribution in [0.5, 0.6) is 0 Å². The van der Waals surface area contributed by atoms with Crippen molar-refractivity contribution in [2.45, 2.75) is 25.3 Å². The van der Waals surface area contributed by atoms with Crippen LogP contribution in [0, 0.1) is 0 Å². The number of aromatic nitrogens is 1. The summed E-state index contributed by atoms with van der Waals surface area (Å²) in [5.41, 5.74) is 2.01. The van der Waals surface area contributed by atoms with Gasteiger partial charge in [-0.1, -0.05) is 24.3 Å². The lowest BCUT2D eigenvalue weighted by Crippen LogP contribution is -2.24. The summed E-state index contributed by atoms with van der Waals surface area (Å²) in [5, 5.41) is 4.07. The molecular formula is C14H14N2O. The fourth-order valence-corrected chi connectivity index (χ4v) is 2.44. The third-order valence-corrected chi connectivity index (χ3v) is 3.40. The van der Waals surface area contributed by atoms with Gasteiger partial charge in [0.05, 0.1) is 5.52 Å². The summed E-state index contributed by atoms with van der Waals surface area (Å²) >= 11 is 0. The van der Waals surface area contributed by atoms with Crippen LogP contribution in [0.2, 0.25) is 0 Å². The minimum atomic E-state index is 0.123. The lowest BCUT2D eigenvalue weighted by molar-refractivity contribution is -0.119. The molecule has 1 amide bonds. The van der Waals surface area contributed by atoms with Gasteiger partial charge in [0, 0.05) is 29.5 Å². The Morgan fingerprint density at radius 3 is 2.82 bits per heavy atom. The lowest BCUT2D eigenvalue weighted by Gasteiger charge is -2.13. The van der Waals surface area contributed by atoms with E-state index in [4.69, 9.17) is 0 Å². The number of hydrogen-bond donors (Lipinski definition) is 1. The number of benzene rings is 1. The average molecular weight is 226 g/mol. The number of rotatable bonds is 1. The van der Waals surface area contributed by atoms with Crippen molar-refractivity contribution in [3.8, 4) is 0 Å². The summed E-state index contributed by atoms with van der Waals surface area (Å²) in [4.78, 5) is 16.0. The van der Waals surface area contributed by atoms with Gasteiger partial charge in [-0.2, -0.15) is 0 Å². The van der Waals surface area contributed by atoms with Gasteiger partial charge >= 0.3 is 0 Å². The molecule has 1 saturated heterocycles. The smallest absolute Gasteiger partial charge is 0.220 e. The molecule has 1 aliphatic heterocycles. The SMILES string of the molecule is CC1NC(=O)CC1c1ccc2ccccc2n1. The van der Waals surface area contributed by atoms with Gasteiger partial charge in [-0.05, 0) is 19.1 Å². The predicted octanol–water partition coefficient (Wildman–Crippen LogP) is 2.23. The molecule has 0 spiro atoms. The van der Waals surface area contributed by atoms with Crippen LogP contribution in [0.4, 0.5) is 0 Å². The largest absolute Gasteiger partial charge is 0.353 e. The maximum Gasteiger partial charge on any atom is 0.220 e. The zero-order valence-electron chi connectivity index (χ0n) is 9.68. The highest BCUT2D eigenvalue weighted by molar-refractivity contribution is 5.81. The zero-order valence-corrected chi connectivity index (χ0v) is 9.68. The summed E-state index contributed by atoms with van der Waals surface area (Å²) < 4.78 is 0. The molecule has 1 aromatic carbocycles. The Morgan fingerprint density at radius 1 is 1.24 bits per heavy atom. The third-order valence-electron chi connectivity index (χ3n) is 3.40. The number of carbonyl (C=O) groups is 1. The number of pyridine rings is 1. The lowest BCUT2D eigenvalue weighted by atomic mass is 9.97. The molecule has 3 rings (SSSR count). The zero-order chi connectivity index (χ0) is 11.8. The predicted molar refractivity (Wildman–Crippen MR) is 66.7 cm³/mol. The van der Waals surface area contributed by atoms with E-state index >= 15 is 0 Å². The van der Waals surface area contributed by atoms with Crippen molar-refractivity contribution >= 4 is 16.8 Å². The van der Waals surface area contributed by atoms with Gasteiger partial charge < -0.3 is 5.32 Å². The number of nitrogens with zero attached hydrogens (tertiary/aromatic N) is 1. The molecule has 0 aliphatic carbocycles. The molecule has 3 heteroatoms. The summed E-state index contributed by atoms with van der Waals surface area (Å²) in [7, 11) is 0. The van der Waals surface area contributed by atoms with Gasteiger partial charge in [0.25, 0.3) is 0 Å². The molecule has 0 saturated carbocycles. The van der Waals surface area contributed by atoms with Gasteiger partial charge in [-0.15, -0.1) is 0 Å². The number of amides is 1. The van der Waals surface area contributed by atoms with Gasteiger partial charge in [-0.3, -0.25) is 9.78 Å². The molecule has 1 aromatic heterocycles. The van der Waals surface area contributed by atoms with E-state index in [1.807, 2.05) is 37.3 Å². The van der Waals surface area contributed by atoms with Gasteiger partial charge in [0.15, 0.2) is 0 Å². The maximum absolute atomic E-state index is 11.4. The minimum Gasteiger partial charge on any atom is -0.353 e. The molecule has 3 nitrogen and oxygen atoms in total. The van der Waals surface area contributed by atoms with Crippen molar-refractivity contribution in [3.63, 3.8) is 0 Å². The van der Waals surface area contributed by atoms with Gasteiger partial charge in [0.1, 0.15) is 0 Å². The normalized spacial score (nSPS) is 23.9. The number of carbonyl (C=O) groups excluding carboxylic acids is 1. The Bertz CT molecular complexity index is 579. The summed E-state index contributed by atoms with van der Waals surface area (Å²) in [6.45, 7) is 2.03. The van der Waals surface area contributed by atoms with Crippen LogP contribution in [0.25, 0.3) is 10.9 Å². The first-order chi connectivity index (χ1) is 8.24. The topological polar surface area (TPSA) is 42.0 Å². The van der Waals surface area contributed by atoms with Gasteiger partial charge in [0.2, 0.25) is 5.91 Å². The van der Waals surface area contributed by atoms with Crippen molar-refractivity contribution in [3.05, 3.63) is 42.1 Å². The van der Waals surface area contributed by atoms with Crippen LogP contribution in [0.15, 0.2) is 36.4 Å². The average Bonchev–Trinajstić information content (AvgIpc) is 2.68. The number of hydrogen-bond acceptors (Lipinski definition) is 2. The van der Waals surface area contributed by atoms with Crippen LogP contribution in [-0.4, -0.2) is 16.9 Å². The molecule has 0 bridgehead atoms. The fraction of sp³-hybridized carbons (Fsp3) is 0.286. The Labute approximate surface area is 99.9 Å². The quantitative estimate of drug-likeness (QED) is 0.810. The highest BCUT2D eigenvalue weighted by atomic mass is 16.1. The Balaban J connectivity index is 2.03. The van der Waals surface area contributed by atoms with E-state index in [9.17, 15) is 4.79 Å². The van der Waals surface area contributed by atoms with Crippen molar-refractivity contribution in [2.24, 2.45) is 0 Å². The van der Waals surface area contributed by atoms with Gasteiger partial charge in [-0.25, -0.2) is 0 Å². The Kier molecular flexibility index (Phi) is 2.32. The maximum atomic E-state index is 11.4. The second-order valence-corrected chi connectivity index (χ2v) is 4.60. The van der Waals surface area contributed by atoms with E-state index in [0.717, 1.165) is 16.6 Å². The first-order valence-electron chi connectivity index (χ1n) is 5.89. The molecule has 1 aliphatic rings. The number of fused-ring (bicyclic) bond motifs is 1. The third kappa shape index (κ3) is 1.78. The molecule has 2 aromatic rings. The summed E-state index contributed by atoms with van der Waals surface area (Å²) in [6, 6.07) is 12.3. The standard InChI is InChI=1S/C14H14N2O/c1-9-11(8-14(17)15-9)13-7-6-10-4-2-3-5-12(10)16-13/h2-7,9,11H,8H2,1H3,(H,15,17). The Hall–Kier alpha value is -1.90. The molecule has 1 N–H and O–H groups in total. The number of nitrogens with one attached hydrogen (secondary N) is 1. The van der Waals surface area contributed by atoms with Crippen LogP contribution in [0.1, 0.15) is 25.0 Å². The molecule has 17 heavy (non-hydrogen) atoms. The molecule has 2 unspecified atom stereocenters. The van der Waals surface area contributed by atoms with Crippen molar-refractivity contribution in [1.29, 1.82) is 0 Å². The minimum absolute atomic E-state index is 0.123. The second-order valence-electron chi connectivity index (χ2n) is 4.60. The molecule has 86 valence electrons. The van der Waals surface area contributed by atoms with E-state index in [1.54, 1.807) is 0 Å². The van der Waals surface area contributed by atoms with Crippen molar-refractivity contribution < 1.29 is 4.79 Å². The van der Waals surface area contributed by atoms with Crippen LogP contribution in [0.3, 0.4) is 0 Å². The Morgan fingerprint density at radius 2 is 2.06 bits per heavy atom. The molecule has 0 radical (unpaired) electrons. The molecule has 1 fully saturated rings. The van der Waals surface area contributed by atoms with E-state index < -0.39 is 0 Å². The fourth-order valence-electron chi connectivity index (χ4n) is 2.44. The van der Waals surface area contributed by atoms with E-state index in [1.165, 1.54) is 0 Å². The van der Waals surface area contributed by atoms with Crippen molar-refractivity contribution in [2.75, 3.05) is 0 Å². The van der Waals surface area contributed by atoms with E-state index in [2.05, 4.69) is 16.4 Å². The van der Waals surface area contributed by atoms with E-state index in [-0.39, 0.29) is 17.9 Å². The van der Waals surface area contributed by atoms with Crippen LogP contribution in [-0.2, 0) is 4.79 Å². The summed E-state index contributed by atoms with van der Waals surface area (Å²) in [6.07, 6.45) is 0.548. The summed E-state index contributed by atoms with van der Waals surface area (Å²) in [5.74, 6) is 0.324. The highest BCUT2D eigenvalue weighted by Gasteiger charge is 2.31. The number of para-hydroxylation sites is 1. The molecule has 2 heterocycles. The van der Waals surface area contributed by atoms with E-state index in [0.29, 0.717) is 6.42 Å². The molecular weight excluding hydrogens is 212 g/mol. The van der Waals surface area contributed by atoms with Crippen LogP contribution >= 0.6 is 0 Å².